The summed E-state index contributed by atoms with van der Waals surface area (Å²) in [6, 6.07) is 0. The zero-order chi connectivity index (χ0) is 9.26. The highest BCUT2D eigenvalue weighted by molar-refractivity contribution is 5.10. The molecule has 74 valence electrons. The van der Waals surface area contributed by atoms with Crippen LogP contribution in [0.25, 0.3) is 0 Å². The molecule has 0 aromatic heterocycles. The van der Waals surface area contributed by atoms with E-state index in [4.69, 9.17) is 5.11 Å². The van der Waals surface area contributed by atoms with Gasteiger partial charge in [-0.1, -0.05) is 12.2 Å². The number of fused-ring (bicyclic) bond motifs is 2. The second kappa shape index (κ2) is 3.81. The molecule has 2 aliphatic rings. The van der Waals surface area contributed by atoms with Gasteiger partial charge in [-0.15, -0.1) is 0 Å². The van der Waals surface area contributed by atoms with E-state index in [0.717, 1.165) is 30.8 Å². The van der Waals surface area contributed by atoms with E-state index >= 15 is 0 Å². The highest BCUT2D eigenvalue weighted by Gasteiger charge is 2.35. The van der Waals surface area contributed by atoms with E-state index in [1.165, 1.54) is 12.8 Å². The average Bonchev–Trinajstić information content (AvgIpc) is 2.65. The summed E-state index contributed by atoms with van der Waals surface area (Å²) in [5.74, 6) is 2.57. The maximum atomic E-state index is 8.79. The Morgan fingerprint density at radius 2 is 2.23 bits per heavy atom. The Morgan fingerprint density at radius 1 is 1.38 bits per heavy atom. The third-order valence-corrected chi connectivity index (χ3v) is 3.44. The van der Waals surface area contributed by atoms with Crippen molar-refractivity contribution in [3.63, 3.8) is 0 Å². The van der Waals surface area contributed by atoms with Crippen LogP contribution in [0.4, 0.5) is 0 Å². The summed E-state index contributed by atoms with van der Waals surface area (Å²) in [5.41, 5.74) is 0. The van der Waals surface area contributed by atoms with Gasteiger partial charge in [-0.3, -0.25) is 0 Å². The monoisotopic (exact) mass is 181 g/mol. The number of likely N-dealkylation sites (N-methyl/N-ethyl adjacent to an activating group) is 1. The van der Waals surface area contributed by atoms with Crippen molar-refractivity contribution in [2.45, 2.75) is 12.8 Å². The van der Waals surface area contributed by atoms with Gasteiger partial charge in [0.1, 0.15) is 0 Å². The first-order chi connectivity index (χ1) is 6.29. The van der Waals surface area contributed by atoms with E-state index in [2.05, 4.69) is 24.1 Å². The Hall–Kier alpha value is -0.340. The molecule has 3 atom stereocenters. The van der Waals surface area contributed by atoms with Gasteiger partial charge in [0.25, 0.3) is 0 Å². The van der Waals surface area contributed by atoms with Crippen molar-refractivity contribution in [2.75, 3.05) is 26.7 Å². The van der Waals surface area contributed by atoms with Gasteiger partial charge in [0, 0.05) is 13.1 Å². The third-order valence-electron chi connectivity index (χ3n) is 3.44. The van der Waals surface area contributed by atoms with Crippen LogP contribution in [0, 0.1) is 17.8 Å². The average molecular weight is 181 g/mol. The zero-order valence-corrected chi connectivity index (χ0v) is 8.32. The van der Waals surface area contributed by atoms with Crippen LogP contribution < -0.4 is 0 Å². The number of aliphatic hydroxyl groups excluding tert-OH is 1. The predicted octanol–water partition coefficient (Wildman–Crippen LogP) is 1.12. The normalized spacial score (nSPS) is 36.4. The lowest BCUT2D eigenvalue weighted by atomic mass is 9.93. The van der Waals surface area contributed by atoms with Gasteiger partial charge in [-0.2, -0.15) is 0 Å². The minimum atomic E-state index is 0.285. The molecule has 0 aromatic rings. The molecule has 2 nitrogen and oxygen atoms in total. The molecule has 2 bridgehead atoms. The smallest absolute Gasteiger partial charge is 0.0558 e. The van der Waals surface area contributed by atoms with Crippen LogP contribution in [0.5, 0.6) is 0 Å². The van der Waals surface area contributed by atoms with Gasteiger partial charge in [0.2, 0.25) is 0 Å². The molecular weight excluding hydrogens is 162 g/mol. The Kier molecular flexibility index (Phi) is 2.70. The highest BCUT2D eigenvalue weighted by Crippen LogP contribution is 2.43. The van der Waals surface area contributed by atoms with Gasteiger partial charge < -0.3 is 10.0 Å². The number of hydrogen-bond donors (Lipinski definition) is 1. The molecular formula is C11H19NO. The lowest BCUT2D eigenvalue weighted by molar-refractivity contribution is 0.193. The SMILES string of the molecule is CN(CCO)CC1CC2C=CC1C2. The summed E-state index contributed by atoms with van der Waals surface area (Å²) >= 11 is 0. The van der Waals surface area contributed by atoms with Crippen LogP contribution in [0.1, 0.15) is 12.8 Å². The van der Waals surface area contributed by atoms with E-state index in [1.807, 2.05) is 0 Å². The fraction of sp³-hybridized carbons (Fsp3) is 0.818. The largest absolute Gasteiger partial charge is 0.395 e. The van der Waals surface area contributed by atoms with Crippen LogP contribution >= 0.6 is 0 Å². The van der Waals surface area contributed by atoms with Crippen LogP contribution in [-0.2, 0) is 0 Å². The third kappa shape index (κ3) is 1.94. The van der Waals surface area contributed by atoms with Crippen molar-refractivity contribution in [1.82, 2.24) is 4.90 Å². The molecule has 2 heteroatoms. The summed E-state index contributed by atoms with van der Waals surface area (Å²) in [5, 5.41) is 8.79. The first-order valence-corrected chi connectivity index (χ1v) is 5.27. The summed E-state index contributed by atoms with van der Waals surface area (Å²) < 4.78 is 0. The Balaban J connectivity index is 1.80. The van der Waals surface area contributed by atoms with E-state index in [-0.39, 0.29) is 6.61 Å². The standard InChI is InChI=1S/C11H19NO/c1-12(4-5-13)8-11-7-9-2-3-10(11)6-9/h2-3,9-11,13H,4-8H2,1H3. The maximum absolute atomic E-state index is 8.79. The van der Waals surface area contributed by atoms with Crippen LogP contribution in [0.2, 0.25) is 0 Å². The van der Waals surface area contributed by atoms with Crippen molar-refractivity contribution in [3.05, 3.63) is 12.2 Å². The fourth-order valence-corrected chi connectivity index (χ4v) is 2.77. The fourth-order valence-electron chi connectivity index (χ4n) is 2.77. The Morgan fingerprint density at radius 3 is 2.77 bits per heavy atom. The van der Waals surface area contributed by atoms with Crippen LogP contribution in [0.3, 0.4) is 0 Å². The minimum Gasteiger partial charge on any atom is -0.395 e. The predicted molar refractivity (Wildman–Crippen MR) is 53.4 cm³/mol. The quantitative estimate of drug-likeness (QED) is 0.657. The molecule has 1 fully saturated rings. The molecule has 2 rings (SSSR count). The van der Waals surface area contributed by atoms with Gasteiger partial charge >= 0.3 is 0 Å². The summed E-state index contributed by atoms with van der Waals surface area (Å²) in [6.45, 7) is 2.26. The lowest BCUT2D eigenvalue weighted by Gasteiger charge is -2.24. The number of aliphatic hydroxyl groups is 1. The Bertz CT molecular complexity index is 202. The van der Waals surface area contributed by atoms with Crippen molar-refractivity contribution in [1.29, 1.82) is 0 Å². The zero-order valence-electron chi connectivity index (χ0n) is 8.32. The molecule has 0 radical (unpaired) electrons. The van der Waals surface area contributed by atoms with Gasteiger partial charge in [-0.25, -0.2) is 0 Å². The molecule has 1 N–H and O–H groups in total. The molecule has 1 saturated carbocycles. The number of hydrogen-bond acceptors (Lipinski definition) is 2. The summed E-state index contributed by atoms with van der Waals surface area (Å²) in [4.78, 5) is 2.25. The van der Waals surface area contributed by atoms with Crippen LogP contribution in [-0.4, -0.2) is 36.8 Å². The second-order valence-corrected chi connectivity index (χ2v) is 4.53. The first kappa shape index (κ1) is 9.22. The van der Waals surface area contributed by atoms with Gasteiger partial charge in [0.05, 0.1) is 6.61 Å². The minimum absolute atomic E-state index is 0.285. The first-order valence-electron chi connectivity index (χ1n) is 5.27. The van der Waals surface area contributed by atoms with Crippen LogP contribution in [0.15, 0.2) is 12.2 Å². The molecule has 0 amide bonds. The molecule has 0 heterocycles. The van der Waals surface area contributed by atoms with Gasteiger partial charge in [0.15, 0.2) is 0 Å². The van der Waals surface area contributed by atoms with E-state index in [9.17, 15) is 0 Å². The molecule has 3 unspecified atom stereocenters. The second-order valence-electron chi connectivity index (χ2n) is 4.53. The molecule has 13 heavy (non-hydrogen) atoms. The van der Waals surface area contributed by atoms with Crippen molar-refractivity contribution >= 4 is 0 Å². The van der Waals surface area contributed by atoms with E-state index < -0.39 is 0 Å². The highest BCUT2D eigenvalue weighted by atomic mass is 16.3. The molecule has 0 aromatic carbocycles. The maximum Gasteiger partial charge on any atom is 0.0558 e. The summed E-state index contributed by atoms with van der Waals surface area (Å²) in [6.07, 6.45) is 7.54. The molecule has 0 aliphatic heterocycles. The summed E-state index contributed by atoms with van der Waals surface area (Å²) in [7, 11) is 2.10. The van der Waals surface area contributed by atoms with Crippen molar-refractivity contribution < 1.29 is 5.11 Å². The van der Waals surface area contributed by atoms with E-state index in [0.29, 0.717) is 0 Å². The number of nitrogens with zero attached hydrogens (tertiary/aromatic N) is 1. The van der Waals surface area contributed by atoms with E-state index in [1.54, 1.807) is 0 Å². The lowest BCUT2D eigenvalue weighted by Crippen LogP contribution is -2.30. The number of rotatable bonds is 4. The topological polar surface area (TPSA) is 23.5 Å². The molecule has 0 spiro atoms. The molecule has 0 saturated heterocycles. The van der Waals surface area contributed by atoms with Crippen molar-refractivity contribution in [3.8, 4) is 0 Å². The molecule has 2 aliphatic carbocycles. The van der Waals surface area contributed by atoms with Gasteiger partial charge in [-0.05, 0) is 37.6 Å². The Labute approximate surface area is 80.2 Å². The number of allylic oxidation sites excluding steroid dienone is 2. The van der Waals surface area contributed by atoms with Crippen molar-refractivity contribution in [2.24, 2.45) is 17.8 Å².